The van der Waals surface area contributed by atoms with Gasteiger partial charge in [-0.2, -0.15) is 4.89 Å². The summed E-state index contributed by atoms with van der Waals surface area (Å²) in [6.45, 7) is 6.88. The van der Waals surface area contributed by atoms with Crippen molar-refractivity contribution in [2.45, 2.75) is 103 Å². The van der Waals surface area contributed by atoms with Crippen molar-refractivity contribution in [3.8, 4) is 0 Å². The molecule has 41 heavy (non-hydrogen) atoms. The monoisotopic (exact) mass is 558 g/mol. The van der Waals surface area contributed by atoms with Crippen LogP contribution >= 0.6 is 0 Å². The number of ether oxygens (including phenoxy) is 1. The third kappa shape index (κ3) is 10.2. The average Bonchev–Trinajstić information content (AvgIpc) is 3.01. The highest BCUT2D eigenvalue weighted by atomic mass is 17.2. The smallest absolute Gasteiger partial charge is 0.373 e. The van der Waals surface area contributed by atoms with Gasteiger partial charge in [-0.25, -0.2) is 9.59 Å². The van der Waals surface area contributed by atoms with Crippen molar-refractivity contribution < 1.29 is 24.1 Å². The summed E-state index contributed by atoms with van der Waals surface area (Å²) in [4.78, 5) is 35.4. The van der Waals surface area contributed by atoms with Gasteiger partial charge in [0.05, 0.1) is 17.7 Å². The summed E-state index contributed by atoms with van der Waals surface area (Å²) in [6.07, 6.45) is 16.2. The maximum absolute atomic E-state index is 12.6. The Balaban J connectivity index is 1.70. The molecule has 2 atom stereocenters. The van der Waals surface area contributed by atoms with E-state index in [0.29, 0.717) is 23.5 Å². The highest BCUT2D eigenvalue weighted by molar-refractivity contribution is 5.90. The zero-order chi connectivity index (χ0) is 29.3. The van der Waals surface area contributed by atoms with Gasteiger partial charge in [0, 0.05) is 5.92 Å². The lowest BCUT2D eigenvalue weighted by atomic mass is 9.78. The minimum absolute atomic E-state index is 0.146. The molecule has 5 nitrogen and oxygen atoms in total. The van der Waals surface area contributed by atoms with Crippen molar-refractivity contribution in [2.75, 3.05) is 6.61 Å². The van der Waals surface area contributed by atoms with E-state index >= 15 is 0 Å². The summed E-state index contributed by atoms with van der Waals surface area (Å²) < 4.78 is 6.10. The number of benzene rings is 2. The first-order chi connectivity index (χ1) is 20.1. The number of hydrogen-bond acceptors (Lipinski definition) is 5. The van der Waals surface area contributed by atoms with Gasteiger partial charge in [-0.05, 0) is 54.7 Å². The molecule has 0 amide bonds. The Morgan fingerprint density at radius 3 is 2.17 bits per heavy atom. The lowest BCUT2D eigenvalue weighted by Crippen LogP contribution is -2.15. The van der Waals surface area contributed by atoms with E-state index in [1.54, 1.807) is 12.1 Å². The fourth-order valence-corrected chi connectivity index (χ4v) is 5.08. The molecule has 0 saturated carbocycles. The minimum Gasteiger partial charge on any atom is -0.492 e. The number of carbonyl (C=O) groups is 1. The molecule has 2 aromatic rings. The predicted octanol–water partition coefficient (Wildman–Crippen LogP) is 9.33. The molecule has 2 aromatic carbocycles. The van der Waals surface area contributed by atoms with Gasteiger partial charge in [0.15, 0.2) is 0 Å². The SMILES string of the molecule is CCCCCCCCOC1=CC=C(c2ccc(C(=O)OO[C@@H](C)CCCCCC)cc2)C(c2ccccc2)C1=C=O. The summed E-state index contributed by atoms with van der Waals surface area (Å²) >= 11 is 0. The number of carbonyl (C=O) groups excluding carboxylic acids is 2. The summed E-state index contributed by atoms with van der Waals surface area (Å²) in [5.41, 5.74) is 3.72. The quantitative estimate of drug-likeness (QED) is 0.0789. The maximum Gasteiger partial charge on any atom is 0.373 e. The molecule has 3 rings (SSSR count). The second-order valence-electron chi connectivity index (χ2n) is 10.8. The Labute approximate surface area is 246 Å². The van der Waals surface area contributed by atoms with Crippen LogP contribution in [0.1, 0.15) is 119 Å². The molecule has 0 spiro atoms. The second-order valence-corrected chi connectivity index (χ2v) is 10.8. The normalized spacial score (nSPS) is 15.5. The molecule has 5 heteroatoms. The molecule has 0 fully saturated rings. The van der Waals surface area contributed by atoms with Crippen LogP contribution in [0.3, 0.4) is 0 Å². The maximum atomic E-state index is 12.6. The molecular weight excluding hydrogens is 512 g/mol. The van der Waals surface area contributed by atoms with Crippen LogP contribution < -0.4 is 0 Å². The first-order valence-corrected chi connectivity index (χ1v) is 15.4. The topological polar surface area (TPSA) is 61.8 Å². The number of allylic oxidation sites excluding steroid dienone is 4. The van der Waals surface area contributed by atoms with Crippen LogP contribution in [-0.4, -0.2) is 24.6 Å². The van der Waals surface area contributed by atoms with Gasteiger partial charge < -0.3 is 4.74 Å². The lowest BCUT2D eigenvalue weighted by Gasteiger charge is -2.27. The van der Waals surface area contributed by atoms with E-state index in [1.165, 1.54) is 38.5 Å². The fourth-order valence-electron chi connectivity index (χ4n) is 5.08. The van der Waals surface area contributed by atoms with Crippen LogP contribution in [0.15, 0.2) is 78.1 Å². The molecule has 0 N–H and O–H groups in total. The minimum atomic E-state index is -0.520. The molecule has 220 valence electrons. The van der Waals surface area contributed by atoms with Crippen molar-refractivity contribution in [1.29, 1.82) is 0 Å². The molecule has 0 aliphatic heterocycles. The van der Waals surface area contributed by atoms with Crippen molar-refractivity contribution in [3.05, 3.63) is 94.8 Å². The Hall–Kier alpha value is -3.40. The van der Waals surface area contributed by atoms with Crippen molar-refractivity contribution in [1.82, 2.24) is 0 Å². The molecule has 1 aliphatic rings. The molecule has 0 radical (unpaired) electrons. The van der Waals surface area contributed by atoms with Crippen molar-refractivity contribution in [3.63, 3.8) is 0 Å². The first-order valence-electron chi connectivity index (χ1n) is 15.4. The zero-order valence-electron chi connectivity index (χ0n) is 25.0. The van der Waals surface area contributed by atoms with Crippen LogP contribution in [0, 0.1) is 0 Å². The van der Waals surface area contributed by atoms with E-state index in [1.807, 2.05) is 61.5 Å². The van der Waals surface area contributed by atoms with Crippen LogP contribution in [0.25, 0.3) is 5.57 Å². The van der Waals surface area contributed by atoms with Gasteiger partial charge in [0.25, 0.3) is 0 Å². The number of unbranched alkanes of at least 4 members (excludes halogenated alkanes) is 8. The molecule has 1 unspecified atom stereocenters. The van der Waals surface area contributed by atoms with Crippen LogP contribution in [0.4, 0.5) is 0 Å². The number of rotatable bonds is 18. The second kappa shape index (κ2) is 18.1. The van der Waals surface area contributed by atoms with Crippen LogP contribution in [-0.2, 0) is 19.3 Å². The summed E-state index contributed by atoms with van der Waals surface area (Å²) in [5, 5.41) is 0. The highest BCUT2D eigenvalue weighted by Gasteiger charge is 2.30. The predicted molar refractivity (Wildman–Crippen MR) is 165 cm³/mol. The Kier molecular flexibility index (Phi) is 14.2. The molecule has 0 bridgehead atoms. The third-order valence-electron chi connectivity index (χ3n) is 7.48. The fraction of sp³-hybridized carbons (Fsp3) is 0.472. The lowest BCUT2D eigenvalue weighted by molar-refractivity contribution is -0.271. The van der Waals surface area contributed by atoms with E-state index < -0.39 is 5.97 Å². The molecule has 0 heterocycles. The Morgan fingerprint density at radius 2 is 1.49 bits per heavy atom. The van der Waals surface area contributed by atoms with Gasteiger partial charge in [-0.3, -0.25) is 4.89 Å². The van der Waals surface area contributed by atoms with Crippen molar-refractivity contribution in [2.24, 2.45) is 0 Å². The van der Waals surface area contributed by atoms with Gasteiger partial charge >= 0.3 is 5.97 Å². The van der Waals surface area contributed by atoms with Crippen molar-refractivity contribution >= 4 is 17.5 Å². The molecular formula is C36H46O5. The van der Waals surface area contributed by atoms with Gasteiger partial charge in [0.1, 0.15) is 17.8 Å². The first kappa shape index (κ1) is 32.1. The summed E-state index contributed by atoms with van der Waals surface area (Å²) in [6, 6.07) is 17.1. The van der Waals surface area contributed by atoms with E-state index in [0.717, 1.165) is 48.8 Å². The Morgan fingerprint density at radius 1 is 0.829 bits per heavy atom. The van der Waals surface area contributed by atoms with Gasteiger partial charge in [0.2, 0.25) is 0 Å². The van der Waals surface area contributed by atoms with E-state index in [9.17, 15) is 9.59 Å². The standard InChI is InChI=1S/C36H46O5/c1-4-6-8-10-11-16-26-39-34-25-24-32(35(33(34)27-37)30-18-14-12-15-19-30)29-20-22-31(23-21-29)36(38)41-40-28(3)17-13-9-7-5-2/h12,14-15,18-25,28,35H,4-11,13,16-17,26H2,1-3H3/t28-,35?/m0/s1. The Bertz CT molecular complexity index is 1170. The highest BCUT2D eigenvalue weighted by Crippen LogP contribution is 2.43. The van der Waals surface area contributed by atoms with E-state index in [-0.39, 0.29) is 12.0 Å². The van der Waals surface area contributed by atoms with Crippen LogP contribution in [0.5, 0.6) is 0 Å². The molecule has 1 aliphatic carbocycles. The third-order valence-corrected chi connectivity index (χ3v) is 7.48. The summed E-state index contributed by atoms with van der Waals surface area (Å²) in [5.74, 6) is 1.92. The number of hydrogen-bond donors (Lipinski definition) is 0. The van der Waals surface area contributed by atoms with Gasteiger partial charge in [-0.1, -0.05) is 120 Å². The van der Waals surface area contributed by atoms with E-state index in [4.69, 9.17) is 14.5 Å². The zero-order valence-corrected chi connectivity index (χ0v) is 25.0. The van der Waals surface area contributed by atoms with E-state index in [2.05, 4.69) is 19.8 Å². The average molecular weight is 559 g/mol. The molecule has 0 aromatic heterocycles. The molecule has 0 saturated heterocycles. The summed E-state index contributed by atoms with van der Waals surface area (Å²) in [7, 11) is 0. The van der Waals surface area contributed by atoms with Crippen LogP contribution in [0.2, 0.25) is 0 Å². The largest absolute Gasteiger partial charge is 0.492 e. The van der Waals surface area contributed by atoms with Gasteiger partial charge in [-0.15, -0.1) is 0 Å².